The predicted molar refractivity (Wildman–Crippen MR) is 87.2 cm³/mol. The van der Waals surface area contributed by atoms with Crippen LogP contribution in [0.15, 0.2) is 24.3 Å². The monoisotopic (exact) mass is 333 g/mol. The molecule has 0 atom stereocenters. The van der Waals surface area contributed by atoms with E-state index in [1.807, 2.05) is 4.90 Å². The van der Waals surface area contributed by atoms with Crippen molar-refractivity contribution >= 4 is 11.9 Å². The number of amides is 1. The van der Waals surface area contributed by atoms with Gasteiger partial charge >= 0.3 is 5.97 Å². The average Bonchev–Trinajstić information content (AvgIpc) is 2.60. The zero-order chi connectivity index (χ0) is 17.0. The minimum Gasteiger partial charge on any atom is -0.482 e. The molecule has 6 heteroatoms. The molecule has 0 unspecified atom stereocenters. The van der Waals surface area contributed by atoms with Crippen LogP contribution in [0.2, 0.25) is 0 Å². The van der Waals surface area contributed by atoms with Gasteiger partial charge in [-0.05, 0) is 55.4 Å². The van der Waals surface area contributed by atoms with Crippen molar-refractivity contribution in [2.75, 3.05) is 32.9 Å². The van der Waals surface area contributed by atoms with E-state index in [0.717, 1.165) is 45.6 Å². The Labute approximate surface area is 141 Å². The van der Waals surface area contributed by atoms with E-state index < -0.39 is 5.97 Å². The molecule has 2 aliphatic rings. The van der Waals surface area contributed by atoms with Crippen LogP contribution in [0.4, 0.5) is 0 Å². The lowest BCUT2D eigenvalue weighted by Crippen LogP contribution is -2.48. The third-order valence-electron chi connectivity index (χ3n) is 4.97. The Bertz CT molecular complexity index is 586. The van der Waals surface area contributed by atoms with Gasteiger partial charge in [0.05, 0.1) is 0 Å². The van der Waals surface area contributed by atoms with Crippen molar-refractivity contribution < 1.29 is 24.2 Å². The molecule has 24 heavy (non-hydrogen) atoms. The van der Waals surface area contributed by atoms with E-state index in [-0.39, 0.29) is 17.9 Å². The van der Waals surface area contributed by atoms with Crippen molar-refractivity contribution in [2.45, 2.75) is 25.7 Å². The molecular weight excluding hydrogens is 310 g/mol. The number of nitrogens with zero attached hydrogens (tertiary/aromatic N) is 1. The highest BCUT2D eigenvalue weighted by Gasteiger charge is 2.38. The first-order valence-electron chi connectivity index (χ1n) is 8.40. The van der Waals surface area contributed by atoms with Crippen molar-refractivity contribution in [1.29, 1.82) is 0 Å². The molecule has 0 bridgehead atoms. The molecule has 0 radical (unpaired) electrons. The Morgan fingerprint density at radius 1 is 1.17 bits per heavy atom. The summed E-state index contributed by atoms with van der Waals surface area (Å²) in [5, 5.41) is 8.61. The summed E-state index contributed by atoms with van der Waals surface area (Å²) in [6.45, 7) is 2.78. The second-order valence-electron chi connectivity index (χ2n) is 6.65. The van der Waals surface area contributed by atoms with Gasteiger partial charge in [0.15, 0.2) is 6.61 Å². The SMILES string of the molecule is O=C(O)COc1ccc(C(=O)N2CCCC3(CCOCC3)C2)cc1. The standard InChI is InChI=1S/C18H23NO5/c20-16(21)12-24-15-4-2-14(3-5-15)17(22)19-9-1-6-18(13-19)7-10-23-11-8-18/h2-5H,1,6-13H2,(H,20,21). The molecule has 1 N–H and O–H groups in total. The van der Waals surface area contributed by atoms with Gasteiger partial charge < -0.3 is 19.5 Å². The topological polar surface area (TPSA) is 76.1 Å². The molecule has 1 amide bonds. The van der Waals surface area contributed by atoms with Gasteiger partial charge in [-0.15, -0.1) is 0 Å². The minimum atomic E-state index is -1.02. The van der Waals surface area contributed by atoms with Crippen LogP contribution in [0, 0.1) is 5.41 Å². The van der Waals surface area contributed by atoms with Gasteiger partial charge in [-0.3, -0.25) is 4.79 Å². The quantitative estimate of drug-likeness (QED) is 0.914. The number of carbonyl (C=O) groups excluding carboxylic acids is 1. The van der Waals surface area contributed by atoms with Crippen LogP contribution < -0.4 is 4.74 Å². The summed E-state index contributed by atoms with van der Waals surface area (Å²) in [6.07, 6.45) is 4.26. The minimum absolute atomic E-state index is 0.0327. The van der Waals surface area contributed by atoms with Crippen LogP contribution in [-0.2, 0) is 9.53 Å². The second kappa shape index (κ2) is 7.21. The molecule has 2 aliphatic heterocycles. The summed E-state index contributed by atoms with van der Waals surface area (Å²) < 4.78 is 10.6. The van der Waals surface area contributed by atoms with Crippen LogP contribution in [0.3, 0.4) is 0 Å². The first-order chi connectivity index (χ1) is 11.6. The molecular formula is C18H23NO5. The van der Waals surface area contributed by atoms with Crippen molar-refractivity contribution in [1.82, 2.24) is 4.90 Å². The molecule has 0 aliphatic carbocycles. The van der Waals surface area contributed by atoms with Crippen LogP contribution >= 0.6 is 0 Å². The first kappa shape index (κ1) is 16.8. The van der Waals surface area contributed by atoms with Crippen molar-refractivity contribution in [3.63, 3.8) is 0 Å². The van der Waals surface area contributed by atoms with E-state index in [0.29, 0.717) is 11.3 Å². The van der Waals surface area contributed by atoms with Crippen LogP contribution in [-0.4, -0.2) is 54.8 Å². The van der Waals surface area contributed by atoms with Gasteiger partial charge in [-0.25, -0.2) is 4.79 Å². The molecule has 1 spiro atoms. The Kier molecular flexibility index (Phi) is 5.04. The van der Waals surface area contributed by atoms with Crippen molar-refractivity contribution in [3.05, 3.63) is 29.8 Å². The molecule has 130 valence electrons. The van der Waals surface area contributed by atoms with E-state index in [1.165, 1.54) is 6.42 Å². The smallest absolute Gasteiger partial charge is 0.341 e. The van der Waals surface area contributed by atoms with Gasteiger partial charge in [0.1, 0.15) is 5.75 Å². The molecule has 1 aromatic rings. The summed E-state index contributed by atoms with van der Waals surface area (Å²) in [4.78, 5) is 25.2. The summed E-state index contributed by atoms with van der Waals surface area (Å²) in [6, 6.07) is 6.68. The van der Waals surface area contributed by atoms with Crippen LogP contribution in [0.25, 0.3) is 0 Å². The number of hydrogen-bond donors (Lipinski definition) is 1. The number of ether oxygens (including phenoxy) is 2. The van der Waals surface area contributed by atoms with E-state index >= 15 is 0 Å². The number of carboxylic acids is 1. The zero-order valence-electron chi connectivity index (χ0n) is 13.7. The summed E-state index contributed by atoms with van der Waals surface area (Å²) in [5.41, 5.74) is 0.832. The number of hydrogen-bond acceptors (Lipinski definition) is 4. The van der Waals surface area contributed by atoms with Crippen molar-refractivity contribution in [3.8, 4) is 5.75 Å². The first-order valence-corrected chi connectivity index (χ1v) is 8.40. The average molecular weight is 333 g/mol. The van der Waals surface area contributed by atoms with Gasteiger partial charge in [0.25, 0.3) is 5.91 Å². The Hall–Kier alpha value is -2.08. The number of piperidine rings is 1. The summed E-state index contributed by atoms with van der Waals surface area (Å²) >= 11 is 0. The Morgan fingerprint density at radius 2 is 1.88 bits per heavy atom. The maximum Gasteiger partial charge on any atom is 0.341 e. The highest BCUT2D eigenvalue weighted by molar-refractivity contribution is 5.94. The van der Waals surface area contributed by atoms with Crippen molar-refractivity contribution in [2.24, 2.45) is 5.41 Å². The highest BCUT2D eigenvalue weighted by atomic mass is 16.5. The molecule has 2 heterocycles. The summed E-state index contributed by atoms with van der Waals surface area (Å²) in [5.74, 6) is -0.538. The van der Waals surface area contributed by atoms with E-state index in [1.54, 1.807) is 24.3 Å². The fourth-order valence-electron chi connectivity index (χ4n) is 3.62. The second-order valence-corrected chi connectivity index (χ2v) is 6.65. The third-order valence-corrected chi connectivity index (χ3v) is 4.97. The van der Waals surface area contributed by atoms with Crippen LogP contribution in [0.5, 0.6) is 5.75 Å². The fraction of sp³-hybridized carbons (Fsp3) is 0.556. The number of aliphatic carboxylic acids is 1. The predicted octanol–water partition coefficient (Wildman–Crippen LogP) is 2.18. The fourth-order valence-corrected chi connectivity index (χ4v) is 3.62. The molecule has 0 aromatic heterocycles. The highest BCUT2D eigenvalue weighted by Crippen LogP contribution is 2.39. The summed E-state index contributed by atoms with van der Waals surface area (Å²) in [7, 11) is 0. The molecule has 3 rings (SSSR count). The maximum absolute atomic E-state index is 12.8. The number of carbonyl (C=O) groups is 2. The Morgan fingerprint density at radius 3 is 2.54 bits per heavy atom. The molecule has 1 aromatic carbocycles. The largest absolute Gasteiger partial charge is 0.482 e. The van der Waals surface area contributed by atoms with Gasteiger partial charge in [0.2, 0.25) is 0 Å². The van der Waals surface area contributed by atoms with Gasteiger partial charge in [-0.1, -0.05) is 0 Å². The number of likely N-dealkylation sites (tertiary alicyclic amines) is 1. The number of benzene rings is 1. The van der Waals surface area contributed by atoms with E-state index in [4.69, 9.17) is 14.6 Å². The normalized spacial score (nSPS) is 19.9. The lowest BCUT2D eigenvalue weighted by molar-refractivity contribution is -0.139. The van der Waals surface area contributed by atoms with E-state index in [9.17, 15) is 9.59 Å². The van der Waals surface area contributed by atoms with Gasteiger partial charge in [0, 0.05) is 31.9 Å². The lowest BCUT2D eigenvalue weighted by atomic mass is 9.74. The number of carboxylic acid groups (broad SMARTS) is 1. The van der Waals surface area contributed by atoms with Gasteiger partial charge in [-0.2, -0.15) is 0 Å². The van der Waals surface area contributed by atoms with Crippen LogP contribution in [0.1, 0.15) is 36.0 Å². The Balaban J connectivity index is 1.64. The third kappa shape index (κ3) is 3.87. The molecule has 0 saturated carbocycles. The maximum atomic E-state index is 12.8. The zero-order valence-corrected chi connectivity index (χ0v) is 13.7. The number of rotatable bonds is 4. The molecule has 2 saturated heterocycles. The van der Waals surface area contributed by atoms with E-state index in [2.05, 4.69) is 0 Å². The lowest BCUT2D eigenvalue weighted by Gasteiger charge is -2.45. The molecule has 2 fully saturated rings. The molecule has 6 nitrogen and oxygen atoms in total.